The van der Waals surface area contributed by atoms with Gasteiger partial charge in [0.25, 0.3) is 5.91 Å². The van der Waals surface area contributed by atoms with Crippen molar-refractivity contribution in [3.05, 3.63) is 41.6 Å². The van der Waals surface area contributed by atoms with Crippen molar-refractivity contribution in [1.82, 2.24) is 10.2 Å². The first-order valence-electron chi connectivity index (χ1n) is 10.6. The van der Waals surface area contributed by atoms with E-state index in [2.05, 4.69) is 21.6 Å². The van der Waals surface area contributed by atoms with Crippen molar-refractivity contribution in [3.63, 3.8) is 0 Å². The molecule has 1 aromatic rings. The van der Waals surface area contributed by atoms with E-state index in [1.54, 1.807) is 7.11 Å². The van der Waals surface area contributed by atoms with E-state index in [0.29, 0.717) is 18.9 Å². The number of amidine groups is 1. The minimum absolute atomic E-state index is 0.167. The van der Waals surface area contributed by atoms with E-state index in [-0.39, 0.29) is 35.2 Å². The van der Waals surface area contributed by atoms with Gasteiger partial charge in [0.05, 0.1) is 29.2 Å². The summed E-state index contributed by atoms with van der Waals surface area (Å²) in [6, 6.07) is 6.51. The molecule has 1 saturated carbocycles. The summed E-state index contributed by atoms with van der Waals surface area (Å²) in [5.41, 5.74) is 4.63. The molecule has 3 rings (SSSR count). The van der Waals surface area contributed by atoms with E-state index in [1.165, 1.54) is 18.3 Å². The van der Waals surface area contributed by atoms with Crippen molar-refractivity contribution < 1.29 is 22.7 Å². The van der Waals surface area contributed by atoms with Gasteiger partial charge in [-0.3, -0.25) is 15.1 Å². The number of methoxy groups -OCH3 is 1. The lowest BCUT2D eigenvalue weighted by Gasteiger charge is -2.46. The number of hydrogen-bond donors (Lipinski definition) is 4. The van der Waals surface area contributed by atoms with Crippen molar-refractivity contribution in [2.75, 3.05) is 25.5 Å². The topological polar surface area (TPSA) is 127 Å². The third-order valence-corrected chi connectivity index (χ3v) is 6.17. The van der Waals surface area contributed by atoms with Gasteiger partial charge in [-0.2, -0.15) is 18.4 Å². The molecule has 0 spiro atoms. The molecular weight excluding hydrogens is 437 g/mol. The number of alkyl halides is 3. The van der Waals surface area contributed by atoms with Crippen LogP contribution in [0.25, 0.3) is 0 Å². The molecule has 0 unspecified atom stereocenters. The number of nitrogens with two attached hydrogens (primary N) is 1. The molecule has 1 amide bonds. The maximum Gasteiger partial charge on any atom is 0.416 e. The molecule has 33 heavy (non-hydrogen) atoms. The number of benzene rings is 1. The lowest BCUT2D eigenvalue weighted by atomic mass is 9.80. The largest absolute Gasteiger partial charge is 0.416 e. The van der Waals surface area contributed by atoms with Crippen LogP contribution in [0.3, 0.4) is 0 Å². The molecule has 1 heterocycles. The van der Waals surface area contributed by atoms with Gasteiger partial charge in [-0.05, 0) is 43.5 Å². The Kier molecular flexibility index (Phi) is 7.61. The van der Waals surface area contributed by atoms with Crippen LogP contribution in [0.15, 0.2) is 36.0 Å². The molecule has 8 nitrogen and oxygen atoms in total. The zero-order chi connectivity index (χ0) is 24.2. The van der Waals surface area contributed by atoms with Crippen LogP contribution in [-0.2, 0) is 15.7 Å². The number of hydrogen-bond acceptors (Lipinski definition) is 6. The number of nitriles is 1. The molecule has 0 bridgehead atoms. The van der Waals surface area contributed by atoms with Crippen LogP contribution >= 0.6 is 0 Å². The fourth-order valence-electron chi connectivity index (χ4n) is 4.15. The second kappa shape index (κ2) is 10.2. The Morgan fingerprint density at radius 3 is 2.52 bits per heavy atom. The Balaban J connectivity index is 1.60. The van der Waals surface area contributed by atoms with Crippen molar-refractivity contribution in [2.24, 2.45) is 11.7 Å². The monoisotopic (exact) mass is 464 g/mol. The Bertz CT molecular complexity index is 935. The number of anilines is 1. The Labute approximate surface area is 190 Å². The van der Waals surface area contributed by atoms with Crippen LogP contribution in [0.2, 0.25) is 0 Å². The highest BCUT2D eigenvalue weighted by molar-refractivity contribution is 6.23. The van der Waals surface area contributed by atoms with Crippen LogP contribution in [0, 0.1) is 22.7 Å². The zero-order valence-corrected chi connectivity index (χ0v) is 18.2. The maximum atomic E-state index is 12.7. The number of halogens is 3. The average molecular weight is 464 g/mol. The predicted molar refractivity (Wildman–Crippen MR) is 116 cm³/mol. The van der Waals surface area contributed by atoms with E-state index >= 15 is 0 Å². The van der Waals surface area contributed by atoms with Crippen molar-refractivity contribution in [1.29, 1.82) is 10.7 Å². The van der Waals surface area contributed by atoms with Gasteiger partial charge >= 0.3 is 6.18 Å². The first-order valence-corrected chi connectivity index (χ1v) is 10.6. The summed E-state index contributed by atoms with van der Waals surface area (Å²) in [5.74, 6) is -1.52. The SMILES string of the molecule is COC1CN([C@H]2CC[C@H](N/C=C(\C(=N)Nc3ccc(C(F)(F)F)cc3)C(N)=O)[C@@H](C#N)C2)C1. The third-order valence-electron chi connectivity index (χ3n) is 6.17. The van der Waals surface area contributed by atoms with E-state index in [9.17, 15) is 23.2 Å². The molecule has 2 aliphatic rings. The molecule has 0 radical (unpaired) electrons. The quantitative estimate of drug-likeness (QED) is 0.279. The van der Waals surface area contributed by atoms with E-state index in [0.717, 1.165) is 31.6 Å². The van der Waals surface area contributed by atoms with Gasteiger partial charge in [0.15, 0.2) is 0 Å². The van der Waals surface area contributed by atoms with Gasteiger partial charge in [-0.25, -0.2) is 0 Å². The maximum absolute atomic E-state index is 12.7. The second-order valence-corrected chi connectivity index (χ2v) is 8.28. The summed E-state index contributed by atoms with van der Waals surface area (Å²) in [7, 11) is 1.69. The number of primary amides is 1. The third kappa shape index (κ3) is 6.03. The summed E-state index contributed by atoms with van der Waals surface area (Å²) in [4.78, 5) is 14.2. The summed E-state index contributed by atoms with van der Waals surface area (Å²) in [6.45, 7) is 1.71. The molecule has 5 N–H and O–H groups in total. The number of ether oxygens (including phenoxy) is 1. The summed E-state index contributed by atoms with van der Waals surface area (Å²) < 4.78 is 43.4. The molecule has 0 aromatic heterocycles. The minimum atomic E-state index is -4.47. The van der Waals surface area contributed by atoms with Crippen molar-refractivity contribution >= 4 is 17.4 Å². The fourth-order valence-corrected chi connectivity index (χ4v) is 4.15. The van der Waals surface area contributed by atoms with Gasteiger partial charge in [0, 0.05) is 44.2 Å². The van der Waals surface area contributed by atoms with Crippen LogP contribution in [-0.4, -0.2) is 55.0 Å². The summed E-state index contributed by atoms with van der Waals surface area (Å²) in [5, 5.41) is 23.4. The van der Waals surface area contributed by atoms with Crippen LogP contribution < -0.4 is 16.4 Å². The second-order valence-electron chi connectivity index (χ2n) is 8.28. The number of carbonyl (C=O) groups is 1. The molecule has 178 valence electrons. The molecule has 11 heteroatoms. The van der Waals surface area contributed by atoms with Crippen LogP contribution in [0.1, 0.15) is 24.8 Å². The van der Waals surface area contributed by atoms with Gasteiger partial charge in [0.2, 0.25) is 0 Å². The highest BCUT2D eigenvalue weighted by Crippen LogP contribution is 2.31. The Hall–Kier alpha value is -3.10. The molecule has 2 fully saturated rings. The number of likely N-dealkylation sites (tertiary alicyclic amines) is 1. The predicted octanol–water partition coefficient (Wildman–Crippen LogP) is 2.44. The van der Waals surface area contributed by atoms with Crippen molar-refractivity contribution in [2.45, 2.75) is 43.6 Å². The fraction of sp³-hybridized carbons (Fsp3) is 0.500. The van der Waals surface area contributed by atoms with Crippen molar-refractivity contribution in [3.8, 4) is 6.07 Å². The molecular formula is C22H27F3N6O2. The molecule has 1 saturated heterocycles. The number of carbonyl (C=O) groups excluding carboxylic acids is 1. The Morgan fingerprint density at radius 2 is 1.97 bits per heavy atom. The normalized spacial score (nSPS) is 24.5. The highest BCUT2D eigenvalue weighted by Gasteiger charge is 2.38. The standard InChI is InChI=1S/C22H27F3N6O2/c1-33-17-11-31(12-17)16-6-7-19(13(8-16)9-26)29-10-18(21(28)32)20(27)30-15-4-2-14(3-5-15)22(23,24)25/h2-5,10,13,16-17,19,29H,6-8,11-12H2,1H3,(H2,27,30)(H2,28,32)/b18-10+/t13-,16+,19+/m1/s1. The van der Waals surface area contributed by atoms with Crippen LogP contribution in [0.4, 0.5) is 18.9 Å². The van der Waals surface area contributed by atoms with E-state index in [4.69, 9.17) is 15.9 Å². The van der Waals surface area contributed by atoms with E-state index < -0.39 is 17.6 Å². The molecule has 1 aliphatic heterocycles. The van der Waals surface area contributed by atoms with Gasteiger partial charge < -0.3 is 21.1 Å². The summed E-state index contributed by atoms with van der Waals surface area (Å²) in [6.07, 6.45) is -0.642. The average Bonchev–Trinajstić information content (AvgIpc) is 2.73. The first-order chi connectivity index (χ1) is 15.6. The molecule has 1 aliphatic carbocycles. The minimum Gasteiger partial charge on any atom is -0.386 e. The van der Waals surface area contributed by atoms with Gasteiger partial charge in [0.1, 0.15) is 5.84 Å². The number of rotatable bonds is 7. The molecule has 3 atom stereocenters. The zero-order valence-electron chi connectivity index (χ0n) is 18.2. The highest BCUT2D eigenvalue weighted by atomic mass is 19.4. The van der Waals surface area contributed by atoms with Gasteiger partial charge in [-0.1, -0.05) is 0 Å². The first kappa shape index (κ1) is 24.5. The smallest absolute Gasteiger partial charge is 0.386 e. The van der Waals surface area contributed by atoms with E-state index in [1.807, 2.05) is 0 Å². The van der Waals surface area contributed by atoms with Crippen LogP contribution in [0.5, 0.6) is 0 Å². The number of nitrogens with one attached hydrogen (secondary N) is 3. The summed E-state index contributed by atoms with van der Waals surface area (Å²) >= 11 is 0. The lowest BCUT2D eigenvalue weighted by molar-refractivity contribution is -0.137. The van der Waals surface area contributed by atoms with Gasteiger partial charge in [-0.15, -0.1) is 0 Å². The molecule has 1 aromatic carbocycles. The lowest BCUT2D eigenvalue weighted by Crippen LogP contribution is -2.58. The number of nitrogens with zero attached hydrogens (tertiary/aromatic N) is 2. The Morgan fingerprint density at radius 1 is 1.30 bits per heavy atom. The number of amides is 1.